The highest BCUT2D eigenvalue weighted by atomic mass is 17.2. The molecule has 6 heteroatoms. The Morgan fingerprint density at radius 2 is 1.10 bits per heavy atom. The molecule has 0 heterocycles. The van der Waals surface area contributed by atoms with Crippen molar-refractivity contribution in [2.24, 2.45) is 0 Å². The zero-order chi connectivity index (χ0) is 22.1. The molecule has 0 saturated carbocycles. The quantitative estimate of drug-likeness (QED) is 0.500. The minimum Gasteiger partial charge on any atom is -0.292 e. The summed E-state index contributed by atoms with van der Waals surface area (Å²) in [7, 11) is 0. The molecule has 0 radical (unpaired) electrons. The van der Waals surface area contributed by atoms with Crippen LogP contribution in [0.2, 0.25) is 0 Å². The number of hydrogen-bond acceptors (Lipinski definition) is 6. The molecule has 6 nitrogen and oxygen atoms in total. The normalized spacial score (nSPS) is 11.1. The van der Waals surface area contributed by atoms with E-state index in [2.05, 4.69) is 4.89 Å². The van der Waals surface area contributed by atoms with Gasteiger partial charge in [0.2, 0.25) is 0 Å². The molecular weight excluding hydrogens is 372 g/mol. The van der Waals surface area contributed by atoms with Gasteiger partial charge in [0.1, 0.15) is 11.2 Å². The molecule has 158 valence electrons. The average molecular weight is 402 g/mol. The number of hydrogen-bond donors (Lipinski definition) is 0. The van der Waals surface area contributed by atoms with Crippen LogP contribution in [0, 0.1) is 6.92 Å². The number of aryl methyl sites for hydroxylation is 1. The molecule has 2 aromatic rings. The Labute approximate surface area is 172 Å². The summed E-state index contributed by atoms with van der Waals surface area (Å²) in [5.41, 5.74) is 0.918. The van der Waals surface area contributed by atoms with Crippen LogP contribution >= 0.6 is 0 Å². The highest BCUT2D eigenvalue weighted by Crippen LogP contribution is 2.13. The molecule has 0 aliphatic carbocycles. The van der Waals surface area contributed by atoms with Crippen LogP contribution in [0.5, 0.6) is 0 Å². The summed E-state index contributed by atoms with van der Waals surface area (Å²) in [5, 5.41) is 0. The second kappa shape index (κ2) is 10.7. The SMILES string of the molecule is CC(C)(C)OOC(=O)c1ccccc1.Cc1ccccc1C(=O)OOC(C)(C)C. The van der Waals surface area contributed by atoms with Crippen LogP contribution in [0.1, 0.15) is 67.8 Å². The molecule has 0 saturated heterocycles. The van der Waals surface area contributed by atoms with Gasteiger partial charge < -0.3 is 0 Å². The molecule has 0 atom stereocenters. The van der Waals surface area contributed by atoms with Crippen molar-refractivity contribution in [3.8, 4) is 0 Å². The maximum Gasteiger partial charge on any atom is 0.373 e. The average Bonchev–Trinajstić information content (AvgIpc) is 2.64. The largest absolute Gasteiger partial charge is 0.373 e. The Morgan fingerprint density at radius 1 is 0.655 bits per heavy atom. The third-order valence-corrected chi connectivity index (χ3v) is 3.11. The van der Waals surface area contributed by atoms with Gasteiger partial charge in [-0.25, -0.2) is 9.59 Å². The van der Waals surface area contributed by atoms with E-state index < -0.39 is 23.1 Å². The maximum absolute atomic E-state index is 11.6. The van der Waals surface area contributed by atoms with Gasteiger partial charge in [0, 0.05) is 0 Å². The predicted molar refractivity (Wildman–Crippen MR) is 110 cm³/mol. The number of rotatable bonds is 4. The van der Waals surface area contributed by atoms with Crippen LogP contribution in [0.15, 0.2) is 54.6 Å². The highest BCUT2D eigenvalue weighted by molar-refractivity contribution is 5.90. The minimum atomic E-state index is -0.488. The molecule has 0 N–H and O–H groups in total. The van der Waals surface area contributed by atoms with Gasteiger partial charge in [-0.1, -0.05) is 36.4 Å². The van der Waals surface area contributed by atoms with Gasteiger partial charge in [-0.15, -0.1) is 0 Å². The lowest BCUT2D eigenvalue weighted by atomic mass is 10.1. The van der Waals surface area contributed by atoms with E-state index in [-0.39, 0.29) is 0 Å². The summed E-state index contributed by atoms with van der Waals surface area (Å²) < 4.78 is 0. The van der Waals surface area contributed by atoms with E-state index >= 15 is 0 Å². The maximum atomic E-state index is 11.6. The molecule has 0 unspecified atom stereocenters. The number of carbonyl (C=O) groups excluding carboxylic acids is 2. The van der Waals surface area contributed by atoms with Gasteiger partial charge in [-0.05, 0) is 72.2 Å². The van der Waals surface area contributed by atoms with Crippen LogP contribution in [0.4, 0.5) is 0 Å². The van der Waals surface area contributed by atoms with Gasteiger partial charge in [-0.2, -0.15) is 9.78 Å². The molecule has 0 amide bonds. The van der Waals surface area contributed by atoms with E-state index in [1.165, 1.54) is 0 Å². The van der Waals surface area contributed by atoms with Gasteiger partial charge in [0.25, 0.3) is 0 Å². The molecule has 0 bridgehead atoms. The van der Waals surface area contributed by atoms with Crippen molar-refractivity contribution in [2.45, 2.75) is 59.7 Å². The first-order chi connectivity index (χ1) is 13.4. The van der Waals surface area contributed by atoms with E-state index in [1.54, 1.807) is 36.4 Å². The Morgan fingerprint density at radius 3 is 1.59 bits per heavy atom. The van der Waals surface area contributed by atoms with Crippen molar-refractivity contribution in [2.75, 3.05) is 0 Å². The van der Waals surface area contributed by atoms with Crippen molar-refractivity contribution >= 4 is 11.9 Å². The lowest BCUT2D eigenvalue weighted by Gasteiger charge is -2.16. The lowest BCUT2D eigenvalue weighted by Crippen LogP contribution is -2.22. The molecule has 0 spiro atoms. The van der Waals surface area contributed by atoms with E-state index in [0.29, 0.717) is 11.1 Å². The van der Waals surface area contributed by atoms with E-state index in [1.807, 2.05) is 66.7 Å². The van der Waals surface area contributed by atoms with Crippen LogP contribution in [-0.4, -0.2) is 23.1 Å². The fourth-order valence-electron chi connectivity index (χ4n) is 1.79. The highest BCUT2D eigenvalue weighted by Gasteiger charge is 2.17. The number of carbonyl (C=O) groups is 2. The Hall–Kier alpha value is -2.70. The molecule has 0 aliphatic heterocycles. The molecule has 0 aliphatic rings. The molecule has 2 rings (SSSR count). The van der Waals surface area contributed by atoms with Gasteiger partial charge in [0.05, 0.1) is 11.1 Å². The summed E-state index contributed by atoms with van der Waals surface area (Å²) in [6.07, 6.45) is 0. The summed E-state index contributed by atoms with van der Waals surface area (Å²) in [5.74, 6) is -0.927. The first-order valence-electron chi connectivity index (χ1n) is 9.30. The van der Waals surface area contributed by atoms with E-state index in [9.17, 15) is 9.59 Å². The van der Waals surface area contributed by atoms with Gasteiger partial charge in [-0.3, -0.25) is 9.78 Å². The van der Waals surface area contributed by atoms with Gasteiger partial charge >= 0.3 is 11.9 Å². The predicted octanol–water partition coefficient (Wildman–Crippen LogP) is 5.46. The number of benzene rings is 2. The Kier molecular flexibility index (Phi) is 9.01. The fraction of sp³-hybridized carbons (Fsp3) is 0.391. The Balaban J connectivity index is 0.000000291. The van der Waals surface area contributed by atoms with Crippen molar-refractivity contribution in [3.63, 3.8) is 0 Å². The lowest BCUT2D eigenvalue weighted by molar-refractivity contribution is -0.301. The molecule has 0 fully saturated rings. The van der Waals surface area contributed by atoms with Crippen LogP contribution in [-0.2, 0) is 19.6 Å². The summed E-state index contributed by atoms with van der Waals surface area (Å²) in [6.45, 7) is 12.7. The van der Waals surface area contributed by atoms with Crippen molar-refractivity contribution in [3.05, 3.63) is 71.3 Å². The topological polar surface area (TPSA) is 71.1 Å². The second-order valence-corrected chi connectivity index (χ2v) is 8.31. The standard InChI is InChI=1S/C12H16O3.C11H14O3/c1-9-7-5-6-8-10(9)11(13)14-15-12(2,3)4;1-11(2,3)14-13-10(12)9-7-5-4-6-8-9/h5-8H,1-4H3;4-8H,1-3H3. The third kappa shape index (κ3) is 10.4. The van der Waals surface area contributed by atoms with Crippen LogP contribution in [0.3, 0.4) is 0 Å². The fourth-order valence-corrected chi connectivity index (χ4v) is 1.79. The zero-order valence-corrected chi connectivity index (χ0v) is 18.1. The first-order valence-corrected chi connectivity index (χ1v) is 9.30. The molecule has 29 heavy (non-hydrogen) atoms. The Bertz CT molecular complexity index is 785. The second-order valence-electron chi connectivity index (χ2n) is 8.31. The van der Waals surface area contributed by atoms with E-state index in [4.69, 9.17) is 14.7 Å². The molecule has 0 aromatic heterocycles. The zero-order valence-electron chi connectivity index (χ0n) is 18.1. The van der Waals surface area contributed by atoms with E-state index in [0.717, 1.165) is 5.56 Å². The molecule has 2 aromatic carbocycles. The molecular formula is C23H30O6. The smallest absolute Gasteiger partial charge is 0.292 e. The third-order valence-electron chi connectivity index (χ3n) is 3.11. The summed E-state index contributed by atoms with van der Waals surface area (Å²) in [6, 6.07) is 16.0. The van der Waals surface area contributed by atoms with Crippen LogP contribution in [0.25, 0.3) is 0 Å². The summed E-state index contributed by atoms with van der Waals surface area (Å²) in [4.78, 5) is 42.1. The van der Waals surface area contributed by atoms with Crippen LogP contribution < -0.4 is 0 Å². The van der Waals surface area contributed by atoms with Crippen molar-refractivity contribution in [1.82, 2.24) is 0 Å². The van der Waals surface area contributed by atoms with Gasteiger partial charge in [0.15, 0.2) is 0 Å². The first kappa shape index (κ1) is 24.3. The minimum absolute atomic E-state index is 0.456. The van der Waals surface area contributed by atoms with Crippen molar-refractivity contribution in [1.29, 1.82) is 0 Å². The van der Waals surface area contributed by atoms with Crippen molar-refractivity contribution < 1.29 is 29.1 Å². The monoisotopic (exact) mass is 402 g/mol. The summed E-state index contributed by atoms with van der Waals surface area (Å²) >= 11 is 0.